The van der Waals surface area contributed by atoms with Crippen molar-refractivity contribution in [2.24, 2.45) is 5.41 Å². The first-order valence-electron chi connectivity index (χ1n) is 12.9. The molecule has 1 spiro atoms. The second-order valence-electron chi connectivity index (χ2n) is 11.1. The maximum atomic E-state index is 12.7. The second kappa shape index (κ2) is 11.0. The Morgan fingerprint density at radius 3 is 2.31 bits per heavy atom. The van der Waals surface area contributed by atoms with E-state index in [-0.39, 0.29) is 17.2 Å². The Bertz CT molecular complexity index is 1260. The average molecular weight is 551 g/mol. The maximum Gasteiger partial charge on any atom is 0.490 e. The first-order chi connectivity index (χ1) is 18.3. The quantitative estimate of drug-likeness (QED) is 0.600. The molecule has 2 N–H and O–H groups in total. The topological polar surface area (TPSA) is 116 Å². The van der Waals surface area contributed by atoms with Crippen molar-refractivity contribution >= 4 is 11.9 Å². The van der Waals surface area contributed by atoms with Crippen molar-refractivity contribution < 1.29 is 32.6 Å². The van der Waals surface area contributed by atoms with E-state index in [1.807, 2.05) is 0 Å². The Kier molecular flexibility index (Phi) is 8.06. The molecule has 9 nitrogen and oxygen atoms in total. The van der Waals surface area contributed by atoms with E-state index >= 15 is 0 Å². The summed E-state index contributed by atoms with van der Waals surface area (Å²) in [6, 6.07) is 6.45. The van der Waals surface area contributed by atoms with E-state index < -0.39 is 17.7 Å². The first kappa shape index (κ1) is 28.6. The second-order valence-corrected chi connectivity index (χ2v) is 11.1. The molecule has 39 heavy (non-hydrogen) atoms. The number of carboxylic acid groups (broad SMARTS) is 1. The monoisotopic (exact) mass is 550 g/mol. The fourth-order valence-corrected chi connectivity index (χ4v) is 5.58. The molecule has 12 heteroatoms. The number of aliphatic carboxylic acids is 1. The Hall–Kier alpha value is -3.41. The van der Waals surface area contributed by atoms with E-state index in [4.69, 9.17) is 14.6 Å². The molecule has 212 valence electrons. The van der Waals surface area contributed by atoms with Crippen LogP contribution in [0.15, 0.2) is 35.4 Å². The zero-order valence-electron chi connectivity index (χ0n) is 22.0. The normalized spacial score (nSPS) is 20.0. The SMILES string of the molecule is CC1(C)Cc2c(CN3CCC4(CC3)CCN(C(=O)c3ncc[nH]c3=O)CC4)cccc2O1.O=C(O)C(F)(F)F. The summed E-state index contributed by atoms with van der Waals surface area (Å²) in [5.74, 6) is -1.96. The lowest BCUT2D eigenvalue weighted by molar-refractivity contribution is -0.192. The van der Waals surface area contributed by atoms with Gasteiger partial charge >= 0.3 is 12.1 Å². The van der Waals surface area contributed by atoms with E-state index in [1.54, 1.807) is 4.90 Å². The third kappa shape index (κ3) is 6.78. The number of hydrogen-bond donors (Lipinski definition) is 2. The van der Waals surface area contributed by atoms with Crippen LogP contribution in [-0.2, 0) is 17.8 Å². The summed E-state index contributed by atoms with van der Waals surface area (Å²) in [6.45, 7) is 8.86. The minimum atomic E-state index is -5.08. The van der Waals surface area contributed by atoms with Crippen LogP contribution in [0.3, 0.4) is 0 Å². The van der Waals surface area contributed by atoms with Gasteiger partial charge in [-0.3, -0.25) is 14.5 Å². The smallest absolute Gasteiger partial charge is 0.487 e. The summed E-state index contributed by atoms with van der Waals surface area (Å²) in [5.41, 5.74) is 2.55. The van der Waals surface area contributed by atoms with E-state index in [1.165, 1.54) is 23.5 Å². The molecule has 0 atom stereocenters. The number of aromatic amines is 1. The van der Waals surface area contributed by atoms with Gasteiger partial charge in [0.15, 0.2) is 5.69 Å². The number of carbonyl (C=O) groups excluding carboxylic acids is 1. The molecule has 0 saturated carbocycles. The lowest BCUT2D eigenvalue weighted by atomic mass is 9.71. The average Bonchev–Trinajstić information content (AvgIpc) is 3.21. The van der Waals surface area contributed by atoms with Crippen LogP contribution in [0.5, 0.6) is 5.75 Å². The van der Waals surface area contributed by atoms with E-state index in [2.05, 4.69) is 46.9 Å². The third-order valence-corrected chi connectivity index (χ3v) is 7.79. The standard InChI is InChI=1S/C25H32N4O3.C2HF3O2/c1-24(2)16-19-18(4-3-5-20(19)32-24)17-28-12-6-25(7-13-28)8-14-29(15-9-25)23(31)21-22(30)27-11-10-26-21;3-2(4,5)1(6)7/h3-5,10-11H,6-9,12-17H2,1-2H3,(H,27,30);(H,6,7). The predicted molar refractivity (Wildman–Crippen MR) is 135 cm³/mol. The van der Waals surface area contributed by atoms with Crippen LogP contribution in [0.25, 0.3) is 0 Å². The van der Waals surface area contributed by atoms with Gasteiger partial charge in [0, 0.05) is 44.0 Å². The van der Waals surface area contributed by atoms with Gasteiger partial charge in [-0.25, -0.2) is 9.78 Å². The minimum absolute atomic E-state index is 0.000759. The molecular weight excluding hydrogens is 517 g/mol. The number of carbonyl (C=O) groups is 2. The van der Waals surface area contributed by atoms with Crippen LogP contribution in [0.2, 0.25) is 0 Å². The van der Waals surface area contributed by atoms with Crippen molar-refractivity contribution in [3.63, 3.8) is 0 Å². The molecule has 0 aliphatic carbocycles. The summed E-state index contributed by atoms with van der Waals surface area (Å²) in [7, 11) is 0. The fraction of sp³-hybridized carbons (Fsp3) is 0.556. The zero-order valence-corrected chi connectivity index (χ0v) is 22.0. The number of alkyl halides is 3. The molecule has 1 aromatic carbocycles. The fourth-order valence-electron chi connectivity index (χ4n) is 5.58. The molecule has 3 aliphatic rings. The number of nitrogens with zero attached hydrogens (tertiary/aromatic N) is 3. The van der Waals surface area contributed by atoms with E-state index in [0.29, 0.717) is 18.5 Å². The molecule has 2 saturated heterocycles. The number of likely N-dealkylation sites (tertiary alicyclic amines) is 2. The molecule has 4 heterocycles. The third-order valence-electron chi connectivity index (χ3n) is 7.79. The van der Waals surface area contributed by atoms with Crippen molar-refractivity contribution in [3.05, 3.63) is 57.8 Å². The van der Waals surface area contributed by atoms with Crippen LogP contribution >= 0.6 is 0 Å². The number of hydrogen-bond acceptors (Lipinski definition) is 6. The van der Waals surface area contributed by atoms with Crippen molar-refractivity contribution in [1.82, 2.24) is 19.8 Å². The van der Waals surface area contributed by atoms with Gasteiger partial charge < -0.3 is 19.7 Å². The Balaban J connectivity index is 0.000000448. The molecule has 2 fully saturated rings. The number of piperidine rings is 2. The van der Waals surface area contributed by atoms with Crippen LogP contribution in [-0.4, -0.2) is 74.7 Å². The van der Waals surface area contributed by atoms with Crippen molar-refractivity contribution in [3.8, 4) is 5.75 Å². The Morgan fingerprint density at radius 1 is 1.10 bits per heavy atom. The number of fused-ring (bicyclic) bond motifs is 1. The minimum Gasteiger partial charge on any atom is -0.487 e. The molecule has 1 amide bonds. The first-order valence-corrected chi connectivity index (χ1v) is 12.9. The van der Waals surface area contributed by atoms with E-state index in [9.17, 15) is 22.8 Å². The van der Waals surface area contributed by atoms with Gasteiger partial charge in [0.1, 0.15) is 11.4 Å². The summed E-state index contributed by atoms with van der Waals surface area (Å²) in [5, 5.41) is 7.12. The summed E-state index contributed by atoms with van der Waals surface area (Å²) in [6.07, 6.45) is 3.13. The number of nitrogens with one attached hydrogen (secondary N) is 1. The highest BCUT2D eigenvalue weighted by Crippen LogP contribution is 2.42. The number of aromatic nitrogens is 2. The predicted octanol–water partition coefficient (Wildman–Crippen LogP) is 3.64. The van der Waals surface area contributed by atoms with Gasteiger partial charge in [-0.15, -0.1) is 0 Å². The summed E-state index contributed by atoms with van der Waals surface area (Å²) in [4.78, 5) is 44.4. The van der Waals surface area contributed by atoms with Crippen LogP contribution < -0.4 is 10.3 Å². The van der Waals surface area contributed by atoms with Crippen LogP contribution in [0.4, 0.5) is 13.2 Å². The summed E-state index contributed by atoms with van der Waals surface area (Å²) >= 11 is 0. The number of H-pyrrole nitrogens is 1. The van der Waals surface area contributed by atoms with Gasteiger partial charge in [-0.05, 0) is 69.7 Å². The lowest BCUT2D eigenvalue weighted by Gasteiger charge is -2.47. The zero-order chi connectivity index (χ0) is 28.4. The molecule has 0 unspecified atom stereocenters. The Labute approximate surface area is 224 Å². The number of amides is 1. The molecule has 0 bridgehead atoms. The van der Waals surface area contributed by atoms with Crippen molar-refractivity contribution in [2.45, 2.75) is 64.3 Å². The maximum absolute atomic E-state index is 12.7. The van der Waals surface area contributed by atoms with E-state index in [0.717, 1.165) is 57.5 Å². The molecule has 5 rings (SSSR count). The molecule has 3 aliphatic heterocycles. The highest BCUT2D eigenvalue weighted by atomic mass is 19.4. The van der Waals surface area contributed by atoms with Gasteiger partial charge in [-0.1, -0.05) is 12.1 Å². The van der Waals surface area contributed by atoms with Gasteiger partial charge in [0.2, 0.25) is 0 Å². The lowest BCUT2D eigenvalue weighted by Crippen LogP contribution is -2.48. The molecule has 0 radical (unpaired) electrons. The number of benzene rings is 1. The summed E-state index contributed by atoms with van der Waals surface area (Å²) < 4.78 is 37.8. The van der Waals surface area contributed by atoms with Crippen molar-refractivity contribution in [1.29, 1.82) is 0 Å². The molecule has 1 aromatic heterocycles. The highest BCUT2D eigenvalue weighted by Gasteiger charge is 2.40. The van der Waals surface area contributed by atoms with Crippen LogP contribution in [0.1, 0.15) is 61.1 Å². The van der Waals surface area contributed by atoms with Gasteiger partial charge in [0.25, 0.3) is 11.5 Å². The number of halogens is 3. The number of rotatable bonds is 3. The number of ether oxygens (including phenoxy) is 1. The van der Waals surface area contributed by atoms with Crippen LogP contribution in [0, 0.1) is 5.41 Å². The van der Waals surface area contributed by atoms with Gasteiger partial charge in [-0.2, -0.15) is 13.2 Å². The highest BCUT2D eigenvalue weighted by molar-refractivity contribution is 5.91. The van der Waals surface area contributed by atoms with Gasteiger partial charge in [0.05, 0.1) is 0 Å². The van der Waals surface area contributed by atoms with Crippen molar-refractivity contribution in [2.75, 3.05) is 26.2 Å². The Morgan fingerprint density at radius 2 is 1.72 bits per heavy atom. The number of carboxylic acids is 1. The molecular formula is C27H33F3N4O5. The largest absolute Gasteiger partial charge is 0.490 e. The molecule has 2 aromatic rings.